The van der Waals surface area contributed by atoms with Gasteiger partial charge in [-0.15, -0.1) is 0 Å². The second-order valence-corrected chi connectivity index (χ2v) is 4.63. The minimum absolute atomic E-state index is 0.351. The highest BCUT2D eigenvalue weighted by Crippen LogP contribution is 2.28. The minimum Gasteiger partial charge on any atom is -0.251 e. The van der Waals surface area contributed by atoms with Crippen molar-refractivity contribution in [2.45, 2.75) is 6.92 Å². The summed E-state index contributed by atoms with van der Waals surface area (Å²) < 4.78 is 0.685. The zero-order valence-electron chi connectivity index (χ0n) is 8.21. The van der Waals surface area contributed by atoms with Crippen molar-refractivity contribution in [3.05, 3.63) is 38.7 Å². The fraction of sp³-hybridized carbons (Fsp3) is 0.100. The van der Waals surface area contributed by atoms with Crippen LogP contribution in [0.25, 0.3) is 11.5 Å². The second kappa shape index (κ2) is 4.65. The molecule has 0 spiro atoms. The van der Waals surface area contributed by atoms with E-state index in [0.29, 0.717) is 26.2 Å². The number of halogens is 3. The van der Waals surface area contributed by atoms with Crippen molar-refractivity contribution in [1.82, 2.24) is 15.0 Å². The third kappa shape index (κ3) is 2.19. The van der Waals surface area contributed by atoms with Gasteiger partial charge in [0.25, 0.3) is 0 Å². The Balaban J connectivity index is 2.62. The van der Waals surface area contributed by atoms with Crippen LogP contribution in [0.15, 0.2) is 22.8 Å². The van der Waals surface area contributed by atoms with Gasteiger partial charge in [0, 0.05) is 6.20 Å². The number of rotatable bonds is 1. The van der Waals surface area contributed by atoms with E-state index in [0.717, 1.165) is 5.69 Å². The molecule has 0 saturated heterocycles. The highest BCUT2D eigenvalue weighted by Gasteiger charge is 2.12. The molecule has 2 aromatic rings. The Morgan fingerprint density at radius 2 is 2.00 bits per heavy atom. The van der Waals surface area contributed by atoms with Crippen LogP contribution in [0, 0.1) is 6.92 Å². The van der Waals surface area contributed by atoms with Crippen LogP contribution in [0.2, 0.25) is 10.2 Å². The predicted octanol–water partition coefficient (Wildman–Crippen LogP) is 3.92. The van der Waals surface area contributed by atoms with E-state index < -0.39 is 0 Å². The van der Waals surface area contributed by atoms with E-state index in [1.807, 2.05) is 6.92 Å². The molecule has 82 valence electrons. The Hall–Kier alpha value is -0.710. The molecule has 0 aliphatic heterocycles. The summed E-state index contributed by atoms with van der Waals surface area (Å²) in [5, 5.41) is 0.851. The molecule has 0 aromatic carbocycles. The fourth-order valence-electron chi connectivity index (χ4n) is 1.18. The summed E-state index contributed by atoms with van der Waals surface area (Å²) >= 11 is 15.3. The van der Waals surface area contributed by atoms with E-state index in [1.165, 1.54) is 0 Å². The summed E-state index contributed by atoms with van der Waals surface area (Å²) in [5.74, 6) is 0.427. The van der Waals surface area contributed by atoms with Gasteiger partial charge in [0.1, 0.15) is 10.8 Å². The summed E-state index contributed by atoms with van der Waals surface area (Å²) in [6.45, 7) is 1.83. The molecule has 0 atom stereocenters. The number of nitrogens with zero attached hydrogens (tertiary/aromatic N) is 3. The molecule has 0 aliphatic carbocycles. The van der Waals surface area contributed by atoms with Gasteiger partial charge in [-0.3, -0.25) is 4.98 Å². The Morgan fingerprint density at radius 3 is 2.62 bits per heavy atom. The number of aromatic nitrogens is 3. The van der Waals surface area contributed by atoms with E-state index in [2.05, 4.69) is 30.9 Å². The molecule has 3 nitrogen and oxygen atoms in total. The van der Waals surface area contributed by atoms with Crippen LogP contribution in [-0.2, 0) is 0 Å². The zero-order chi connectivity index (χ0) is 11.7. The lowest BCUT2D eigenvalue weighted by atomic mass is 10.3. The summed E-state index contributed by atoms with van der Waals surface area (Å²) in [6.07, 6.45) is 1.63. The minimum atomic E-state index is 0.351. The molecule has 0 bridgehead atoms. The maximum absolute atomic E-state index is 6.01. The SMILES string of the molecule is Cc1nc(-c2ncccc2Cl)nc(Cl)c1Br. The van der Waals surface area contributed by atoms with Crippen LogP contribution in [0.5, 0.6) is 0 Å². The van der Waals surface area contributed by atoms with Crippen molar-refractivity contribution in [1.29, 1.82) is 0 Å². The molecule has 0 unspecified atom stereocenters. The normalized spacial score (nSPS) is 10.5. The number of hydrogen-bond acceptors (Lipinski definition) is 3. The summed E-state index contributed by atoms with van der Waals surface area (Å²) in [4.78, 5) is 12.5. The molecule has 0 fully saturated rings. The van der Waals surface area contributed by atoms with Gasteiger partial charge in [-0.25, -0.2) is 9.97 Å². The Labute approximate surface area is 111 Å². The Morgan fingerprint density at radius 1 is 1.25 bits per heavy atom. The molecule has 6 heteroatoms. The summed E-state index contributed by atoms with van der Waals surface area (Å²) in [7, 11) is 0. The van der Waals surface area contributed by atoms with Gasteiger partial charge in [0.05, 0.1) is 15.2 Å². The summed E-state index contributed by atoms with van der Waals surface area (Å²) in [6, 6.07) is 3.48. The smallest absolute Gasteiger partial charge is 0.181 e. The van der Waals surface area contributed by atoms with Crippen LogP contribution in [0.4, 0.5) is 0 Å². The zero-order valence-corrected chi connectivity index (χ0v) is 11.3. The lowest BCUT2D eigenvalue weighted by molar-refractivity contribution is 1.07. The first-order chi connectivity index (χ1) is 7.59. The van der Waals surface area contributed by atoms with E-state index in [4.69, 9.17) is 23.2 Å². The van der Waals surface area contributed by atoms with Crippen molar-refractivity contribution in [3.63, 3.8) is 0 Å². The summed E-state index contributed by atoms with van der Waals surface area (Å²) in [5.41, 5.74) is 1.28. The Kier molecular flexibility index (Phi) is 3.42. The molecule has 0 radical (unpaired) electrons. The molecule has 0 amide bonds. The maximum atomic E-state index is 6.01. The molecular formula is C10H6BrCl2N3. The standard InChI is InChI=1S/C10H6BrCl2N3/c1-5-7(11)9(13)16-10(15-5)8-6(12)3-2-4-14-8/h2-4H,1H3. The first-order valence-corrected chi connectivity index (χ1v) is 5.95. The van der Waals surface area contributed by atoms with E-state index >= 15 is 0 Å². The van der Waals surface area contributed by atoms with E-state index in [-0.39, 0.29) is 0 Å². The Bertz CT molecular complexity index is 522. The third-order valence-electron chi connectivity index (χ3n) is 1.95. The molecule has 2 aromatic heterocycles. The maximum Gasteiger partial charge on any atom is 0.181 e. The quantitative estimate of drug-likeness (QED) is 0.748. The van der Waals surface area contributed by atoms with Gasteiger partial charge in [0.15, 0.2) is 5.82 Å². The van der Waals surface area contributed by atoms with Crippen molar-refractivity contribution in [2.24, 2.45) is 0 Å². The van der Waals surface area contributed by atoms with Gasteiger partial charge in [-0.05, 0) is 35.0 Å². The molecule has 0 N–H and O–H groups in total. The average molecular weight is 319 g/mol. The lowest BCUT2D eigenvalue weighted by Crippen LogP contribution is -1.96. The largest absolute Gasteiger partial charge is 0.251 e. The highest BCUT2D eigenvalue weighted by atomic mass is 79.9. The van der Waals surface area contributed by atoms with E-state index in [1.54, 1.807) is 18.3 Å². The second-order valence-electron chi connectivity index (χ2n) is 3.07. The predicted molar refractivity (Wildman–Crippen MR) is 67.7 cm³/mol. The number of hydrogen-bond donors (Lipinski definition) is 0. The number of pyridine rings is 1. The van der Waals surface area contributed by atoms with Gasteiger partial charge in [0.2, 0.25) is 0 Å². The van der Waals surface area contributed by atoms with Crippen molar-refractivity contribution in [2.75, 3.05) is 0 Å². The lowest BCUT2D eigenvalue weighted by Gasteiger charge is -2.05. The fourth-order valence-corrected chi connectivity index (χ4v) is 1.78. The van der Waals surface area contributed by atoms with Gasteiger partial charge < -0.3 is 0 Å². The van der Waals surface area contributed by atoms with Gasteiger partial charge in [-0.2, -0.15) is 0 Å². The van der Waals surface area contributed by atoms with Crippen LogP contribution in [0.1, 0.15) is 5.69 Å². The van der Waals surface area contributed by atoms with Gasteiger partial charge in [-0.1, -0.05) is 23.2 Å². The molecule has 0 saturated carbocycles. The monoisotopic (exact) mass is 317 g/mol. The van der Waals surface area contributed by atoms with Crippen molar-refractivity contribution < 1.29 is 0 Å². The topological polar surface area (TPSA) is 38.7 Å². The van der Waals surface area contributed by atoms with Crippen LogP contribution in [0.3, 0.4) is 0 Å². The molecule has 2 heterocycles. The highest BCUT2D eigenvalue weighted by molar-refractivity contribution is 9.10. The van der Waals surface area contributed by atoms with Crippen LogP contribution >= 0.6 is 39.1 Å². The number of aryl methyl sites for hydroxylation is 1. The van der Waals surface area contributed by atoms with Crippen LogP contribution < -0.4 is 0 Å². The van der Waals surface area contributed by atoms with Crippen molar-refractivity contribution >= 4 is 39.1 Å². The molecule has 0 aliphatic rings. The van der Waals surface area contributed by atoms with Crippen molar-refractivity contribution in [3.8, 4) is 11.5 Å². The molecule has 16 heavy (non-hydrogen) atoms. The molecule has 2 rings (SSSR count). The average Bonchev–Trinajstić information content (AvgIpc) is 2.26. The van der Waals surface area contributed by atoms with Crippen LogP contribution in [-0.4, -0.2) is 15.0 Å². The third-order valence-corrected chi connectivity index (χ3v) is 3.70. The molecular weight excluding hydrogens is 313 g/mol. The first kappa shape index (κ1) is 11.8. The van der Waals surface area contributed by atoms with E-state index in [9.17, 15) is 0 Å². The first-order valence-electron chi connectivity index (χ1n) is 4.40. The van der Waals surface area contributed by atoms with Gasteiger partial charge >= 0.3 is 0 Å².